The fourth-order valence-electron chi connectivity index (χ4n) is 2.32. The number of nitrogens with zero attached hydrogens (tertiary/aromatic N) is 2. The van der Waals surface area contributed by atoms with E-state index < -0.39 is 0 Å². The van der Waals surface area contributed by atoms with Gasteiger partial charge in [-0.2, -0.15) is 5.10 Å². The van der Waals surface area contributed by atoms with Crippen molar-refractivity contribution >= 4 is 15.9 Å². The molecule has 4 nitrogen and oxygen atoms in total. The largest absolute Gasteiger partial charge is 0.343 e. The van der Waals surface area contributed by atoms with E-state index >= 15 is 0 Å². The maximum Gasteiger partial charge on any atom is 0.343 e. The Hall–Kier alpha value is -1.36. The third-order valence-electron chi connectivity index (χ3n) is 3.47. The predicted octanol–water partition coefficient (Wildman–Crippen LogP) is 2.84. The number of aromatic amines is 1. The molecule has 1 N–H and O–H groups in total. The number of benzene rings is 1. The molecular weight excluding hydrogens is 306 g/mol. The number of H-pyrrole nitrogens is 1. The minimum absolute atomic E-state index is 0.0545. The van der Waals surface area contributed by atoms with E-state index in [1.807, 2.05) is 4.57 Å². The SMILES string of the molecule is O=c1[nH]nc(CCCc2ccc(Br)cc2)n1C1CC1. The molecule has 3 rings (SSSR count). The van der Waals surface area contributed by atoms with E-state index in [1.54, 1.807) is 0 Å². The molecule has 0 radical (unpaired) electrons. The summed E-state index contributed by atoms with van der Waals surface area (Å²) in [6, 6.07) is 8.77. The molecule has 1 saturated carbocycles. The zero-order valence-corrected chi connectivity index (χ0v) is 12.2. The Morgan fingerprint density at radius 3 is 2.68 bits per heavy atom. The summed E-state index contributed by atoms with van der Waals surface area (Å²) in [6.07, 6.45) is 5.10. The topological polar surface area (TPSA) is 50.7 Å². The van der Waals surface area contributed by atoms with Crippen molar-refractivity contribution < 1.29 is 0 Å². The van der Waals surface area contributed by atoms with Gasteiger partial charge in [-0.05, 0) is 43.4 Å². The Morgan fingerprint density at radius 1 is 1.26 bits per heavy atom. The summed E-state index contributed by atoms with van der Waals surface area (Å²) >= 11 is 3.43. The molecular formula is C14H16BrN3O. The van der Waals surface area contributed by atoms with E-state index in [0.29, 0.717) is 6.04 Å². The molecule has 1 heterocycles. The van der Waals surface area contributed by atoms with Crippen molar-refractivity contribution in [2.24, 2.45) is 0 Å². The van der Waals surface area contributed by atoms with Crippen LogP contribution in [0.4, 0.5) is 0 Å². The zero-order chi connectivity index (χ0) is 13.2. The number of nitrogens with one attached hydrogen (secondary N) is 1. The van der Waals surface area contributed by atoms with E-state index in [1.165, 1.54) is 5.56 Å². The van der Waals surface area contributed by atoms with Crippen LogP contribution in [0, 0.1) is 0 Å². The Labute approximate surface area is 120 Å². The smallest absolute Gasteiger partial charge is 0.276 e. The van der Waals surface area contributed by atoms with Gasteiger partial charge in [-0.3, -0.25) is 4.57 Å². The third kappa shape index (κ3) is 2.97. The first kappa shape index (κ1) is 12.7. The molecule has 5 heteroatoms. The molecule has 1 aliphatic carbocycles. The Morgan fingerprint density at radius 2 is 2.00 bits per heavy atom. The van der Waals surface area contributed by atoms with E-state index in [0.717, 1.165) is 42.4 Å². The number of hydrogen-bond donors (Lipinski definition) is 1. The molecule has 1 aromatic heterocycles. The van der Waals surface area contributed by atoms with Crippen LogP contribution in [0.1, 0.15) is 36.7 Å². The van der Waals surface area contributed by atoms with Crippen molar-refractivity contribution in [1.29, 1.82) is 0 Å². The molecule has 1 aliphatic rings. The highest BCUT2D eigenvalue weighted by molar-refractivity contribution is 9.10. The molecule has 0 amide bonds. The average Bonchev–Trinajstić information content (AvgIpc) is 3.17. The molecule has 0 bridgehead atoms. The second-order valence-corrected chi connectivity index (χ2v) is 5.94. The first-order valence-electron chi connectivity index (χ1n) is 6.64. The van der Waals surface area contributed by atoms with Crippen LogP contribution in [0.25, 0.3) is 0 Å². The number of aromatic nitrogens is 3. The molecule has 0 spiro atoms. The van der Waals surface area contributed by atoms with Crippen molar-refractivity contribution in [1.82, 2.24) is 14.8 Å². The summed E-state index contributed by atoms with van der Waals surface area (Å²) in [7, 11) is 0. The average molecular weight is 322 g/mol. The normalized spacial score (nSPS) is 14.8. The summed E-state index contributed by atoms with van der Waals surface area (Å²) in [5.74, 6) is 0.907. The van der Waals surface area contributed by atoms with Gasteiger partial charge >= 0.3 is 5.69 Å². The van der Waals surface area contributed by atoms with Crippen LogP contribution < -0.4 is 5.69 Å². The van der Waals surface area contributed by atoms with Crippen molar-refractivity contribution in [2.75, 3.05) is 0 Å². The number of halogens is 1. The summed E-state index contributed by atoms with van der Waals surface area (Å²) in [5, 5.41) is 6.71. The summed E-state index contributed by atoms with van der Waals surface area (Å²) < 4.78 is 2.94. The van der Waals surface area contributed by atoms with Gasteiger partial charge in [-0.25, -0.2) is 9.89 Å². The molecule has 0 unspecified atom stereocenters. The number of aryl methyl sites for hydroxylation is 2. The molecule has 2 aromatic rings. The van der Waals surface area contributed by atoms with E-state index in [9.17, 15) is 4.79 Å². The number of rotatable bonds is 5. The van der Waals surface area contributed by atoms with Crippen LogP contribution in [-0.2, 0) is 12.8 Å². The first-order chi connectivity index (χ1) is 9.24. The fourth-order valence-corrected chi connectivity index (χ4v) is 2.59. The maximum absolute atomic E-state index is 11.6. The second-order valence-electron chi connectivity index (χ2n) is 5.03. The molecule has 100 valence electrons. The lowest BCUT2D eigenvalue weighted by Gasteiger charge is -2.04. The highest BCUT2D eigenvalue weighted by atomic mass is 79.9. The van der Waals surface area contributed by atoms with Crippen LogP contribution in [0.5, 0.6) is 0 Å². The maximum atomic E-state index is 11.6. The van der Waals surface area contributed by atoms with Crippen molar-refractivity contribution in [3.05, 3.63) is 50.6 Å². The van der Waals surface area contributed by atoms with Crippen LogP contribution in [0.3, 0.4) is 0 Å². The summed E-state index contributed by atoms with van der Waals surface area (Å²) in [6.45, 7) is 0. The highest BCUT2D eigenvalue weighted by Crippen LogP contribution is 2.34. The molecule has 0 saturated heterocycles. The van der Waals surface area contributed by atoms with Crippen molar-refractivity contribution in [2.45, 2.75) is 38.1 Å². The van der Waals surface area contributed by atoms with E-state index in [4.69, 9.17) is 0 Å². The summed E-state index contributed by atoms with van der Waals surface area (Å²) in [5.41, 5.74) is 1.26. The van der Waals surface area contributed by atoms with Gasteiger partial charge in [-0.1, -0.05) is 28.1 Å². The van der Waals surface area contributed by atoms with Gasteiger partial charge in [0, 0.05) is 16.9 Å². The van der Waals surface area contributed by atoms with Gasteiger partial charge in [0.2, 0.25) is 0 Å². The standard InChI is InChI=1S/C14H16BrN3O/c15-11-6-4-10(5-7-11)2-1-3-13-16-17-14(19)18(13)12-8-9-12/h4-7,12H,1-3,8-9H2,(H,17,19). The lowest BCUT2D eigenvalue weighted by Crippen LogP contribution is -2.17. The minimum atomic E-state index is -0.0545. The minimum Gasteiger partial charge on any atom is -0.276 e. The van der Waals surface area contributed by atoms with Crippen LogP contribution in [0.2, 0.25) is 0 Å². The van der Waals surface area contributed by atoms with E-state index in [-0.39, 0.29) is 5.69 Å². The van der Waals surface area contributed by atoms with Gasteiger partial charge in [0.05, 0.1) is 0 Å². The third-order valence-corrected chi connectivity index (χ3v) is 4.00. The van der Waals surface area contributed by atoms with Crippen molar-refractivity contribution in [3.63, 3.8) is 0 Å². The van der Waals surface area contributed by atoms with Gasteiger partial charge < -0.3 is 0 Å². The molecule has 0 aliphatic heterocycles. The van der Waals surface area contributed by atoms with Gasteiger partial charge in [0.25, 0.3) is 0 Å². The van der Waals surface area contributed by atoms with Gasteiger partial charge in [0.15, 0.2) is 0 Å². The summed E-state index contributed by atoms with van der Waals surface area (Å²) in [4.78, 5) is 11.6. The van der Waals surface area contributed by atoms with Crippen molar-refractivity contribution in [3.8, 4) is 0 Å². The van der Waals surface area contributed by atoms with Gasteiger partial charge in [-0.15, -0.1) is 0 Å². The second kappa shape index (κ2) is 5.33. The van der Waals surface area contributed by atoms with Crippen LogP contribution in [0.15, 0.2) is 33.5 Å². The zero-order valence-electron chi connectivity index (χ0n) is 10.6. The molecule has 19 heavy (non-hydrogen) atoms. The molecule has 0 atom stereocenters. The Kier molecular flexibility index (Phi) is 3.55. The Bertz CT molecular complexity index is 610. The fraction of sp³-hybridized carbons (Fsp3) is 0.429. The lowest BCUT2D eigenvalue weighted by molar-refractivity contribution is 0.640. The Balaban J connectivity index is 1.60. The van der Waals surface area contributed by atoms with Crippen LogP contribution in [-0.4, -0.2) is 14.8 Å². The quantitative estimate of drug-likeness (QED) is 0.920. The predicted molar refractivity (Wildman–Crippen MR) is 77.3 cm³/mol. The number of hydrogen-bond acceptors (Lipinski definition) is 2. The lowest BCUT2D eigenvalue weighted by atomic mass is 10.1. The monoisotopic (exact) mass is 321 g/mol. The molecule has 1 fully saturated rings. The van der Waals surface area contributed by atoms with E-state index in [2.05, 4.69) is 50.4 Å². The van der Waals surface area contributed by atoms with Gasteiger partial charge in [0.1, 0.15) is 5.82 Å². The first-order valence-corrected chi connectivity index (χ1v) is 7.43. The molecule has 1 aromatic carbocycles. The van der Waals surface area contributed by atoms with Crippen LogP contribution >= 0.6 is 15.9 Å². The highest BCUT2D eigenvalue weighted by Gasteiger charge is 2.27.